The van der Waals surface area contributed by atoms with Gasteiger partial charge in [0.2, 0.25) is 0 Å². The average molecular weight is 302 g/mol. The van der Waals surface area contributed by atoms with Gasteiger partial charge in [0.25, 0.3) is 0 Å². The molecule has 21 heavy (non-hydrogen) atoms. The van der Waals surface area contributed by atoms with Crippen LogP contribution in [0.3, 0.4) is 0 Å². The zero-order chi connectivity index (χ0) is 15.7. The van der Waals surface area contributed by atoms with Gasteiger partial charge in [-0.25, -0.2) is 0 Å². The van der Waals surface area contributed by atoms with Gasteiger partial charge in [0, 0.05) is 12.4 Å². The lowest BCUT2D eigenvalue weighted by Crippen LogP contribution is -2.42. The van der Waals surface area contributed by atoms with Gasteiger partial charge in [-0.15, -0.1) is 6.58 Å². The molecule has 0 saturated carbocycles. The molecule has 114 valence electrons. The van der Waals surface area contributed by atoms with E-state index in [0.717, 1.165) is 0 Å². The second kappa shape index (κ2) is 5.82. The van der Waals surface area contributed by atoms with Crippen LogP contribution in [0.5, 0.6) is 0 Å². The summed E-state index contributed by atoms with van der Waals surface area (Å²) in [5.41, 5.74) is 0. The molecule has 0 bridgehead atoms. The Morgan fingerprint density at radius 1 is 1.19 bits per heavy atom. The van der Waals surface area contributed by atoms with Crippen molar-refractivity contribution < 1.29 is 4.43 Å². The van der Waals surface area contributed by atoms with Crippen molar-refractivity contribution in [2.24, 2.45) is 0 Å². The summed E-state index contributed by atoms with van der Waals surface area (Å²) in [6.07, 6.45) is 6.33. The van der Waals surface area contributed by atoms with Gasteiger partial charge >= 0.3 is 0 Å². The Kier molecular flexibility index (Phi) is 4.45. The molecular formula is C18H27NOSi. The Labute approximate surface area is 129 Å². The van der Waals surface area contributed by atoms with E-state index in [1.165, 1.54) is 10.8 Å². The third-order valence-electron chi connectivity index (χ3n) is 4.65. The summed E-state index contributed by atoms with van der Waals surface area (Å²) in [6, 6.07) is 8.61. The van der Waals surface area contributed by atoms with Crippen molar-refractivity contribution in [1.29, 1.82) is 0 Å². The number of benzene rings is 1. The lowest BCUT2D eigenvalue weighted by molar-refractivity contribution is 0.252. The largest absolute Gasteiger partial charge is 0.414 e. The highest BCUT2D eigenvalue weighted by atomic mass is 28.4. The van der Waals surface area contributed by atoms with Crippen molar-refractivity contribution in [3.05, 3.63) is 49.3 Å². The molecule has 0 spiro atoms. The van der Waals surface area contributed by atoms with Crippen LogP contribution in [-0.4, -0.2) is 19.5 Å². The Hall–Kier alpha value is -1.32. The van der Waals surface area contributed by atoms with E-state index in [-0.39, 0.29) is 11.1 Å². The molecule has 3 heteroatoms. The first-order chi connectivity index (χ1) is 9.74. The smallest absolute Gasteiger partial charge is 0.192 e. The maximum atomic E-state index is 6.34. The van der Waals surface area contributed by atoms with E-state index in [1.54, 1.807) is 0 Å². The zero-order valence-electron chi connectivity index (χ0n) is 13.9. The highest BCUT2D eigenvalue weighted by Gasteiger charge is 2.37. The third kappa shape index (κ3) is 3.47. The van der Waals surface area contributed by atoms with Crippen LogP contribution >= 0.6 is 0 Å². The molecule has 0 radical (unpaired) electrons. The van der Waals surface area contributed by atoms with Crippen molar-refractivity contribution in [3.63, 3.8) is 0 Å². The van der Waals surface area contributed by atoms with Crippen LogP contribution in [0.25, 0.3) is 10.8 Å². The van der Waals surface area contributed by atoms with E-state index in [1.807, 2.05) is 6.08 Å². The molecule has 2 aromatic rings. The topological polar surface area (TPSA) is 14.2 Å². The highest BCUT2D eigenvalue weighted by molar-refractivity contribution is 6.74. The monoisotopic (exact) mass is 301 g/mol. The van der Waals surface area contributed by atoms with Crippen LogP contribution in [0, 0.1) is 0 Å². The van der Waals surface area contributed by atoms with Gasteiger partial charge in [-0.2, -0.15) is 0 Å². The van der Waals surface area contributed by atoms with Gasteiger partial charge in [0.05, 0.1) is 12.6 Å². The van der Waals surface area contributed by atoms with Gasteiger partial charge in [0.15, 0.2) is 8.32 Å². The van der Waals surface area contributed by atoms with E-state index in [0.29, 0.717) is 6.61 Å². The van der Waals surface area contributed by atoms with Crippen molar-refractivity contribution >= 4 is 19.1 Å². The Morgan fingerprint density at radius 2 is 1.71 bits per heavy atom. The minimum Gasteiger partial charge on any atom is -0.414 e. The summed E-state index contributed by atoms with van der Waals surface area (Å²) >= 11 is 0. The molecule has 0 aliphatic carbocycles. The molecule has 1 aromatic heterocycles. The fraction of sp³-hybridized carbons (Fsp3) is 0.444. The number of aromatic nitrogens is 1. The first kappa shape index (κ1) is 16.1. The van der Waals surface area contributed by atoms with Crippen LogP contribution in [0.15, 0.2) is 49.3 Å². The normalized spacial score (nSPS) is 14.3. The lowest BCUT2D eigenvalue weighted by atomic mass is 10.2. The van der Waals surface area contributed by atoms with E-state index in [9.17, 15) is 0 Å². The molecule has 0 N–H and O–H groups in total. The molecule has 1 aromatic carbocycles. The number of fused-ring (bicyclic) bond motifs is 1. The van der Waals surface area contributed by atoms with Crippen LogP contribution < -0.4 is 0 Å². The molecular weight excluding hydrogens is 274 g/mol. The second-order valence-electron chi connectivity index (χ2n) is 7.21. The average Bonchev–Trinajstić information content (AvgIpc) is 2.81. The van der Waals surface area contributed by atoms with Gasteiger partial charge in [-0.3, -0.25) is 0 Å². The third-order valence-corrected chi connectivity index (χ3v) is 9.15. The molecule has 0 aliphatic heterocycles. The predicted molar refractivity (Wildman–Crippen MR) is 94.3 cm³/mol. The molecule has 1 atom stereocenters. The van der Waals surface area contributed by atoms with Crippen LogP contribution in [0.2, 0.25) is 18.1 Å². The molecule has 0 amide bonds. The Balaban J connectivity index is 2.15. The van der Waals surface area contributed by atoms with E-state index in [4.69, 9.17) is 4.43 Å². The van der Waals surface area contributed by atoms with Gasteiger partial charge < -0.3 is 8.99 Å². The summed E-state index contributed by atoms with van der Waals surface area (Å²) in [6.45, 7) is 16.1. The van der Waals surface area contributed by atoms with Gasteiger partial charge in [0.1, 0.15) is 0 Å². The van der Waals surface area contributed by atoms with Crippen molar-refractivity contribution in [2.75, 3.05) is 6.61 Å². The number of nitrogens with zero attached hydrogens (tertiary/aromatic N) is 1. The molecule has 0 saturated heterocycles. The maximum absolute atomic E-state index is 6.34. The highest BCUT2D eigenvalue weighted by Crippen LogP contribution is 2.37. The minimum atomic E-state index is -1.72. The number of hydrogen-bond acceptors (Lipinski definition) is 1. The maximum Gasteiger partial charge on any atom is 0.192 e. The van der Waals surface area contributed by atoms with Crippen LogP contribution in [0.4, 0.5) is 0 Å². The SMILES string of the molecule is C=C[C@@H](CO[Si](C)(C)C(C)(C)C)n1cc2ccccc2c1. The van der Waals surface area contributed by atoms with Crippen molar-refractivity contribution in [3.8, 4) is 0 Å². The standard InChI is InChI=1S/C18H27NOSi/c1-7-17(14-20-21(5,6)18(2,3)4)19-12-15-10-8-9-11-16(15)13-19/h7-13,17H,1,14H2,2-6H3/t17-/m0/s1. The Morgan fingerprint density at radius 3 is 2.14 bits per heavy atom. The summed E-state index contributed by atoms with van der Waals surface area (Å²) < 4.78 is 8.56. The minimum absolute atomic E-state index is 0.187. The van der Waals surface area contributed by atoms with Crippen molar-refractivity contribution in [2.45, 2.75) is 44.9 Å². The fourth-order valence-corrected chi connectivity index (χ4v) is 3.10. The Bertz CT molecular complexity index is 588. The summed E-state index contributed by atoms with van der Waals surface area (Å²) in [5, 5.41) is 2.76. The van der Waals surface area contributed by atoms with E-state index >= 15 is 0 Å². The lowest BCUT2D eigenvalue weighted by Gasteiger charge is -2.37. The fourth-order valence-electron chi connectivity index (χ4n) is 2.08. The van der Waals surface area contributed by atoms with Crippen LogP contribution in [-0.2, 0) is 4.43 Å². The van der Waals surface area contributed by atoms with Gasteiger partial charge in [-0.1, -0.05) is 51.1 Å². The molecule has 0 unspecified atom stereocenters. The summed E-state index contributed by atoms with van der Waals surface area (Å²) in [7, 11) is -1.72. The number of hydrogen-bond donors (Lipinski definition) is 0. The first-order valence-electron chi connectivity index (χ1n) is 7.57. The van der Waals surface area contributed by atoms with Crippen LogP contribution in [0.1, 0.15) is 26.8 Å². The molecule has 0 fully saturated rings. The molecule has 2 rings (SSSR count). The summed E-state index contributed by atoms with van der Waals surface area (Å²) in [4.78, 5) is 0. The first-order valence-corrected chi connectivity index (χ1v) is 10.5. The van der Waals surface area contributed by atoms with Gasteiger partial charge in [-0.05, 0) is 28.9 Å². The second-order valence-corrected chi connectivity index (χ2v) is 12.0. The molecule has 2 nitrogen and oxygen atoms in total. The number of rotatable bonds is 5. The molecule has 1 heterocycles. The summed E-state index contributed by atoms with van der Waals surface area (Å²) in [5.74, 6) is 0. The van der Waals surface area contributed by atoms with E-state index in [2.05, 4.69) is 81.7 Å². The quantitative estimate of drug-likeness (QED) is 0.533. The predicted octanol–water partition coefficient (Wildman–Crippen LogP) is 5.39. The van der Waals surface area contributed by atoms with E-state index < -0.39 is 8.32 Å². The zero-order valence-corrected chi connectivity index (χ0v) is 14.9. The molecule has 0 aliphatic rings. The van der Waals surface area contributed by atoms with Crippen molar-refractivity contribution in [1.82, 2.24) is 4.57 Å².